The van der Waals surface area contributed by atoms with Gasteiger partial charge >= 0.3 is 0 Å². The zero-order chi connectivity index (χ0) is 14.9. The smallest absolute Gasteiger partial charge is 0.245 e. The lowest BCUT2D eigenvalue weighted by molar-refractivity contribution is -0.137. The molecule has 1 aliphatic heterocycles. The second-order valence-corrected chi connectivity index (χ2v) is 7.15. The van der Waals surface area contributed by atoms with E-state index < -0.39 is 27.9 Å². The molecule has 0 bridgehead atoms. The highest BCUT2D eigenvalue weighted by Gasteiger charge is 2.40. The normalized spacial score (nSPS) is 20.8. The van der Waals surface area contributed by atoms with E-state index >= 15 is 0 Å². The average molecular weight is 361 g/mol. The highest BCUT2D eigenvalue weighted by Crippen LogP contribution is 2.23. The fourth-order valence-corrected chi connectivity index (χ4v) is 4.26. The van der Waals surface area contributed by atoms with Crippen LogP contribution in [0.4, 0.5) is 0 Å². The molecule has 1 fully saturated rings. The first kappa shape index (κ1) is 15.1. The SMILES string of the molecule is CCC1C(=O)NC(=O)CN1S(=O)(=O)c1cccc(Br)c1. The molecule has 20 heavy (non-hydrogen) atoms. The molecule has 1 aromatic carbocycles. The van der Waals surface area contributed by atoms with Crippen LogP contribution in [0, 0.1) is 0 Å². The first-order chi connectivity index (χ1) is 9.36. The number of rotatable bonds is 3. The summed E-state index contributed by atoms with van der Waals surface area (Å²) in [5.74, 6) is -1.19. The van der Waals surface area contributed by atoms with Crippen LogP contribution in [0.2, 0.25) is 0 Å². The van der Waals surface area contributed by atoms with Gasteiger partial charge in [-0.25, -0.2) is 8.42 Å². The van der Waals surface area contributed by atoms with Crippen molar-refractivity contribution in [3.8, 4) is 0 Å². The summed E-state index contributed by atoms with van der Waals surface area (Å²) >= 11 is 3.21. The number of hydrogen-bond acceptors (Lipinski definition) is 4. The lowest BCUT2D eigenvalue weighted by atomic mass is 10.2. The van der Waals surface area contributed by atoms with E-state index in [0.29, 0.717) is 10.9 Å². The van der Waals surface area contributed by atoms with Crippen LogP contribution in [0.3, 0.4) is 0 Å². The van der Waals surface area contributed by atoms with Crippen LogP contribution in [-0.4, -0.2) is 37.1 Å². The molecule has 8 heteroatoms. The molecule has 1 N–H and O–H groups in total. The number of sulfonamides is 1. The van der Waals surface area contributed by atoms with Crippen LogP contribution in [0.1, 0.15) is 13.3 Å². The summed E-state index contributed by atoms with van der Waals surface area (Å²) in [5, 5.41) is 2.15. The number of benzene rings is 1. The zero-order valence-electron chi connectivity index (χ0n) is 10.7. The van der Waals surface area contributed by atoms with E-state index in [1.165, 1.54) is 12.1 Å². The Balaban J connectivity index is 2.46. The number of carbonyl (C=O) groups excluding carboxylic acids is 2. The number of amides is 2. The van der Waals surface area contributed by atoms with Gasteiger partial charge in [0.05, 0.1) is 11.4 Å². The molecule has 0 spiro atoms. The Morgan fingerprint density at radius 2 is 2.10 bits per heavy atom. The van der Waals surface area contributed by atoms with Crippen molar-refractivity contribution in [2.45, 2.75) is 24.3 Å². The van der Waals surface area contributed by atoms with Crippen LogP contribution in [-0.2, 0) is 19.6 Å². The van der Waals surface area contributed by atoms with Gasteiger partial charge in [0.2, 0.25) is 21.8 Å². The number of piperazine rings is 1. The van der Waals surface area contributed by atoms with Gasteiger partial charge in [0.25, 0.3) is 0 Å². The zero-order valence-corrected chi connectivity index (χ0v) is 13.1. The van der Waals surface area contributed by atoms with Crippen molar-refractivity contribution in [2.75, 3.05) is 6.54 Å². The van der Waals surface area contributed by atoms with E-state index in [2.05, 4.69) is 21.2 Å². The number of imide groups is 1. The lowest BCUT2D eigenvalue weighted by Crippen LogP contribution is -2.59. The molecule has 6 nitrogen and oxygen atoms in total. The predicted octanol–water partition coefficient (Wildman–Crippen LogP) is 0.875. The van der Waals surface area contributed by atoms with Crippen molar-refractivity contribution in [1.29, 1.82) is 0 Å². The molecule has 0 aliphatic carbocycles. The van der Waals surface area contributed by atoms with Gasteiger partial charge in [-0.15, -0.1) is 0 Å². The van der Waals surface area contributed by atoms with E-state index in [1.807, 2.05) is 0 Å². The van der Waals surface area contributed by atoms with Crippen LogP contribution in [0.5, 0.6) is 0 Å². The Bertz CT molecular complexity index is 659. The van der Waals surface area contributed by atoms with Crippen LogP contribution in [0.25, 0.3) is 0 Å². The molecule has 0 saturated carbocycles. The third-order valence-electron chi connectivity index (χ3n) is 3.00. The molecule has 2 amide bonds. The minimum absolute atomic E-state index is 0.0489. The minimum Gasteiger partial charge on any atom is -0.294 e. The Labute approximate surface area is 125 Å². The quantitative estimate of drug-likeness (QED) is 0.810. The number of carbonyl (C=O) groups is 2. The first-order valence-electron chi connectivity index (χ1n) is 5.97. The van der Waals surface area contributed by atoms with E-state index in [0.717, 1.165) is 4.31 Å². The van der Waals surface area contributed by atoms with E-state index in [-0.39, 0.29) is 11.4 Å². The molecule has 0 radical (unpaired) electrons. The second kappa shape index (κ2) is 5.63. The molecule has 0 aromatic heterocycles. The Kier molecular flexibility index (Phi) is 4.26. The maximum absolute atomic E-state index is 12.6. The predicted molar refractivity (Wildman–Crippen MR) is 75.3 cm³/mol. The Morgan fingerprint density at radius 1 is 1.40 bits per heavy atom. The van der Waals surface area contributed by atoms with Crippen molar-refractivity contribution in [3.63, 3.8) is 0 Å². The monoisotopic (exact) mass is 360 g/mol. The molecule has 1 saturated heterocycles. The van der Waals surface area contributed by atoms with Crippen molar-refractivity contribution in [3.05, 3.63) is 28.7 Å². The first-order valence-corrected chi connectivity index (χ1v) is 8.20. The molecule has 108 valence electrons. The molecule has 1 unspecified atom stereocenters. The van der Waals surface area contributed by atoms with Gasteiger partial charge in [0.15, 0.2) is 0 Å². The fourth-order valence-electron chi connectivity index (χ4n) is 2.05. The highest BCUT2D eigenvalue weighted by molar-refractivity contribution is 9.10. The molecule has 1 aliphatic rings. The molecule has 1 heterocycles. The van der Waals surface area contributed by atoms with E-state index in [9.17, 15) is 18.0 Å². The van der Waals surface area contributed by atoms with E-state index in [4.69, 9.17) is 0 Å². The van der Waals surface area contributed by atoms with Gasteiger partial charge in [0.1, 0.15) is 6.04 Å². The summed E-state index contributed by atoms with van der Waals surface area (Å²) < 4.78 is 26.7. The van der Waals surface area contributed by atoms with Gasteiger partial charge in [-0.2, -0.15) is 4.31 Å². The van der Waals surface area contributed by atoms with Crippen LogP contribution >= 0.6 is 15.9 Å². The average Bonchev–Trinajstić information content (AvgIpc) is 2.38. The number of hydrogen-bond donors (Lipinski definition) is 1. The van der Waals surface area contributed by atoms with Crippen molar-refractivity contribution < 1.29 is 18.0 Å². The highest BCUT2D eigenvalue weighted by atomic mass is 79.9. The van der Waals surface area contributed by atoms with Gasteiger partial charge in [-0.1, -0.05) is 28.9 Å². The third kappa shape index (κ3) is 2.77. The van der Waals surface area contributed by atoms with Crippen molar-refractivity contribution >= 4 is 37.8 Å². The fraction of sp³-hybridized carbons (Fsp3) is 0.333. The van der Waals surface area contributed by atoms with Crippen molar-refractivity contribution in [1.82, 2.24) is 9.62 Å². The summed E-state index contributed by atoms with van der Waals surface area (Å²) in [5.41, 5.74) is 0. The number of halogens is 1. The van der Waals surface area contributed by atoms with Crippen molar-refractivity contribution in [2.24, 2.45) is 0 Å². The maximum Gasteiger partial charge on any atom is 0.245 e. The summed E-state index contributed by atoms with van der Waals surface area (Å²) in [6.07, 6.45) is 0.298. The number of nitrogens with zero attached hydrogens (tertiary/aromatic N) is 1. The van der Waals surface area contributed by atoms with Crippen LogP contribution < -0.4 is 5.32 Å². The summed E-state index contributed by atoms with van der Waals surface area (Å²) in [6, 6.07) is 5.30. The molecule has 1 aromatic rings. The minimum atomic E-state index is -3.89. The molecular weight excluding hydrogens is 348 g/mol. The standard InChI is InChI=1S/C12H13BrN2O4S/c1-2-10-12(17)14-11(16)7-15(10)20(18,19)9-5-3-4-8(13)6-9/h3-6,10H,2,7H2,1H3,(H,14,16,17). The molecule has 2 rings (SSSR count). The topological polar surface area (TPSA) is 83.6 Å². The van der Waals surface area contributed by atoms with Gasteiger partial charge in [0, 0.05) is 4.47 Å². The second-order valence-electron chi connectivity index (χ2n) is 4.34. The maximum atomic E-state index is 12.6. The summed E-state index contributed by atoms with van der Waals surface area (Å²) in [7, 11) is -3.89. The van der Waals surface area contributed by atoms with Gasteiger partial charge in [-0.3, -0.25) is 14.9 Å². The Morgan fingerprint density at radius 3 is 2.70 bits per heavy atom. The van der Waals surface area contributed by atoms with Gasteiger partial charge < -0.3 is 0 Å². The molecule has 1 atom stereocenters. The largest absolute Gasteiger partial charge is 0.294 e. The summed E-state index contributed by atoms with van der Waals surface area (Å²) in [6.45, 7) is 1.35. The Hall–Kier alpha value is -1.25. The third-order valence-corrected chi connectivity index (χ3v) is 5.35. The summed E-state index contributed by atoms with van der Waals surface area (Å²) in [4.78, 5) is 23.2. The molecular formula is C12H13BrN2O4S. The van der Waals surface area contributed by atoms with Gasteiger partial charge in [-0.05, 0) is 24.6 Å². The van der Waals surface area contributed by atoms with Crippen LogP contribution in [0.15, 0.2) is 33.6 Å². The van der Waals surface area contributed by atoms with E-state index in [1.54, 1.807) is 19.1 Å². The number of nitrogens with one attached hydrogen (secondary N) is 1. The lowest BCUT2D eigenvalue weighted by Gasteiger charge is -2.32.